The number of benzene rings is 9. The number of fused-ring (bicyclic) bond motifs is 11. The minimum atomic E-state index is 0.231. The van der Waals surface area contributed by atoms with Crippen molar-refractivity contribution in [2.24, 2.45) is 5.92 Å². The zero-order valence-electron chi connectivity index (χ0n) is 42.4. The Labute approximate surface area is 443 Å². The second-order valence-electron chi connectivity index (χ2n) is 21.5. The van der Waals surface area contributed by atoms with Gasteiger partial charge in [0, 0.05) is 39.5 Å². The highest BCUT2D eigenvalue weighted by Gasteiger charge is 2.36. The summed E-state index contributed by atoms with van der Waals surface area (Å²) >= 11 is 0. The molecular weight excluding hydrogens is 917 g/mol. The van der Waals surface area contributed by atoms with Crippen LogP contribution in [0.4, 0.5) is 0 Å². The smallest absolute Gasteiger partial charge is 0.0541 e. The van der Waals surface area contributed by atoms with Gasteiger partial charge >= 0.3 is 0 Å². The summed E-state index contributed by atoms with van der Waals surface area (Å²) in [6.45, 7) is 0. The van der Waals surface area contributed by atoms with Crippen LogP contribution in [-0.4, -0.2) is 9.13 Å². The van der Waals surface area contributed by atoms with Crippen LogP contribution in [0.2, 0.25) is 0 Å². The molecule has 5 aliphatic rings. The topological polar surface area (TPSA) is 9.86 Å². The quantitative estimate of drug-likeness (QED) is 0.147. The van der Waals surface area contributed by atoms with Crippen LogP contribution in [0.5, 0.6) is 0 Å². The summed E-state index contributed by atoms with van der Waals surface area (Å²) in [6.07, 6.45) is 26.6. The maximum Gasteiger partial charge on any atom is 0.0541 e. The monoisotopic (exact) mass is 970 g/mol. The number of allylic oxidation sites excluding steroid dienone is 12. The Balaban J connectivity index is 0.912. The molecule has 76 heavy (non-hydrogen) atoms. The van der Waals surface area contributed by atoms with E-state index in [0.717, 1.165) is 44.9 Å². The van der Waals surface area contributed by atoms with Crippen LogP contribution in [0.25, 0.3) is 105 Å². The second kappa shape index (κ2) is 17.3. The van der Waals surface area contributed by atoms with Gasteiger partial charge in [0.2, 0.25) is 0 Å². The van der Waals surface area contributed by atoms with E-state index in [-0.39, 0.29) is 5.92 Å². The van der Waals surface area contributed by atoms with Gasteiger partial charge in [0.15, 0.2) is 0 Å². The van der Waals surface area contributed by atoms with E-state index in [0.29, 0.717) is 0 Å². The van der Waals surface area contributed by atoms with Gasteiger partial charge in [-0.3, -0.25) is 0 Å². The summed E-state index contributed by atoms with van der Waals surface area (Å²) < 4.78 is 4.98. The largest absolute Gasteiger partial charge is 0.310 e. The fraction of sp³-hybridized carbons (Fsp3) is 0.108. The summed E-state index contributed by atoms with van der Waals surface area (Å²) in [7, 11) is 0. The Morgan fingerprint density at radius 1 is 0.421 bits per heavy atom. The Bertz CT molecular complexity index is 4360. The molecule has 2 nitrogen and oxygen atoms in total. The average molecular weight is 971 g/mol. The van der Waals surface area contributed by atoms with Gasteiger partial charge in [-0.05, 0) is 204 Å². The molecule has 5 aliphatic carbocycles. The van der Waals surface area contributed by atoms with Gasteiger partial charge in [-0.1, -0.05) is 182 Å². The lowest BCUT2D eigenvalue weighted by molar-refractivity contribution is 0.785. The van der Waals surface area contributed by atoms with Crippen LogP contribution in [0, 0.1) is 5.92 Å². The lowest BCUT2D eigenvalue weighted by Crippen LogP contribution is -2.20. The lowest BCUT2D eigenvalue weighted by atomic mass is 9.66. The summed E-state index contributed by atoms with van der Waals surface area (Å²) in [5, 5.41) is 10.3. The summed E-state index contributed by atoms with van der Waals surface area (Å²) in [5.41, 5.74) is 25.7. The molecular formula is C74H54N2. The van der Waals surface area contributed by atoms with Gasteiger partial charge < -0.3 is 9.13 Å². The molecule has 0 bridgehead atoms. The standard InChI is InChI=1S/C74H54N2/c1-2-18-50-45-51(34-33-47(50)17-1)73-61-25-5-7-27-63(61)74(64-28-8-6-26-62(64)73)52-39-44-65-66(46-52)72(49-37-42-54(43-38-49)76-69-31-15-11-21-57(69)58-22-12-16-32-70(58)76)60-24-4-3-23-59(60)71(65)48-35-40-53(41-36-48)75-67-29-13-9-19-55(67)56-20-10-14-30-68(56)75/h1-10,13-20,24-38,40-43,45-46,59H,11-12,21-23,39,44H2. The Morgan fingerprint density at radius 3 is 1.61 bits per heavy atom. The first-order valence-corrected chi connectivity index (χ1v) is 27.5. The van der Waals surface area contributed by atoms with Crippen molar-refractivity contribution in [1.82, 2.24) is 9.13 Å². The third kappa shape index (κ3) is 6.59. The third-order valence-electron chi connectivity index (χ3n) is 17.5. The highest BCUT2D eigenvalue weighted by atomic mass is 15.0. The van der Waals surface area contributed by atoms with Gasteiger partial charge in [-0.2, -0.15) is 0 Å². The first-order chi connectivity index (χ1) is 37.7. The average Bonchev–Trinajstić information content (AvgIpc) is 4.05. The van der Waals surface area contributed by atoms with Crippen molar-refractivity contribution < 1.29 is 0 Å². The fourth-order valence-corrected chi connectivity index (χ4v) is 14.3. The van der Waals surface area contributed by atoms with Crippen molar-refractivity contribution in [2.75, 3.05) is 0 Å². The van der Waals surface area contributed by atoms with Crippen molar-refractivity contribution in [3.8, 4) is 22.5 Å². The number of rotatable bonds is 6. The summed E-state index contributed by atoms with van der Waals surface area (Å²) in [6, 6.07) is 71.0. The lowest BCUT2D eigenvalue weighted by Gasteiger charge is -2.38. The van der Waals surface area contributed by atoms with Crippen molar-refractivity contribution in [3.63, 3.8) is 0 Å². The number of hydrogen-bond donors (Lipinski definition) is 0. The van der Waals surface area contributed by atoms with Crippen LogP contribution < -0.4 is 0 Å². The molecule has 0 fully saturated rings. The number of hydrogen-bond acceptors (Lipinski definition) is 0. The van der Waals surface area contributed by atoms with Gasteiger partial charge in [-0.15, -0.1) is 0 Å². The van der Waals surface area contributed by atoms with Crippen molar-refractivity contribution in [2.45, 2.75) is 44.9 Å². The Hall–Kier alpha value is -8.98. The molecule has 11 aromatic rings. The van der Waals surface area contributed by atoms with E-state index < -0.39 is 0 Å². The van der Waals surface area contributed by atoms with E-state index >= 15 is 0 Å². The maximum absolute atomic E-state index is 2.63. The van der Waals surface area contributed by atoms with Crippen LogP contribution in [-0.2, 0) is 12.8 Å². The number of para-hydroxylation sites is 2. The maximum atomic E-state index is 2.63. The van der Waals surface area contributed by atoms with Crippen molar-refractivity contribution in [1.29, 1.82) is 0 Å². The molecule has 16 rings (SSSR count). The van der Waals surface area contributed by atoms with E-state index in [1.807, 2.05) is 0 Å². The van der Waals surface area contributed by atoms with Gasteiger partial charge in [0.05, 0.1) is 11.0 Å². The molecule has 1 atom stereocenters. The van der Waals surface area contributed by atoms with Crippen LogP contribution in [0.3, 0.4) is 0 Å². The molecule has 0 aliphatic heterocycles. The van der Waals surface area contributed by atoms with Gasteiger partial charge in [0.25, 0.3) is 0 Å². The summed E-state index contributed by atoms with van der Waals surface area (Å²) in [5.74, 6) is 0.231. The van der Waals surface area contributed by atoms with Crippen molar-refractivity contribution in [3.05, 3.63) is 280 Å². The van der Waals surface area contributed by atoms with Gasteiger partial charge in [0.1, 0.15) is 0 Å². The van der Waals surface area contributed by atoms with Gasteiger partial charge in [-0.25, -0.2) is 0 Å². The minimum absolute atomic E-state index is 0.231. The zero-order valence-corrected chi connectivity index (χ0v) is 42.4. The van der Waals surface area contributed by atoms with Crippen molar-refractivity contribution >= 4 is 83.0 Å². The third-order valence-corrected chi connectivity index (χ3v) is 17.5. The van der Waals surface area contributed by atoms with Crippen LogP contribution in [0.1, 0.15) is 71.3 Å². The first kappa shape index (κ1) is 43.4. The Kier molecular flexibility index (Phi) is 9.88. The molecule has 0 saturated carbocycles. The van der Waals surface area contributed by atoms with E-state index in [2.05, 4.69) is 246 Å². The molecule has 2 heterocycles. The molecule has 0 radical (unpaired) electrons. The minimum Gasteiger partial charge on any atom is -0.310 e. The molecule has 9 aromatic carbocycles. The summed E-state index contributed by atoms with van der Waals surface area (Å²) in [4.78, 5) is 0. The van der Waals surface area contributed by atoms with E-state index in [4.69, 9.17) is 0 Å². The van der Waals surface area contributed by atoms with Crippen LogP contribution in [0.15, 0.2) is 241 Å². The molecule has 0 spiro atoms. The first-order valence-electron chi connectivity index (χ1n) is 27.5. The molecule has 360 valence electrons. The predicted octanol–water partition coefficient (Wildman–Crippen LogP) is 19.2. The number of nitrogens with zero attached hydrogens (tertiary/aromatic N) is 2. The van der Waals surface area contributed by atoms with E-state index in [1.54, 1.807) is 11.1 Å². The normalized spacial score (nSPS) is 16.9. The molecule has 0 amide bonds. The molecule has 2 heteroatoms. The van der Waals surface area contributed by atoms with E-state index in [1.165, 1.54) is 138 Å². The molecule has 0 saturated heterocycles. The predicted molar refractivity (Wildman–Crippen MR) is 322 cm³/mol. The Morgan fingerprint density at radius 2 is 0.961 bits per heavy atom. The fourth-order valence-electron chi connectivity index (χ4n) is 14.3. The van der Waals surface area contributed by atoms with Crippen LogP contribution >= 0.6 is 0 Å². The SMILES string of the molecule is C1=CCC2C(=C1)C(c1ccc(-n3c4c(c5c3C=CCC5)CCC=C4)cc1)=C1C=C(c3c4ccccc4c(-c4ccc5ccccc5c4)c4ccccc34)CCC1=C2c1ccc(-n2c3ccccc3c3ccccc32)cc1. The molecule has 1 unspecified atom stereocenters. The molecule has 0 N–H and O–H groups in total. The second-order valence-corrected chi connectivity index (χ2v) is 21.5. The number of aromatic nitrogens is 2. The molecule has 2 aromatic heterocycles. The zero-order chi connectivity index (χ0) is 49.8. The highest BCUT2D eigenvalue weighted by Crippen LogP contribution is 2.55. The highest BCUT2D eigenvalue weighted by molar-refractivity contribution is 6.20. The van der Waals surface area contributed by atoms with E-state index in [9.17, 15) is 0 Å².